The number of benzene rings is 2. The third-order valence-corrected chi connectivity index (χ3v) is 5.25. The van der Waals surface area contributed by atoms with E-state index in [9.17, 15) is 4.79 Å². The molecule has 0 atom stereocenters. The van der Waals surface area contributed by atoms with Crippen molar-refractivity contribution in [2.45, 2.75) is 6.42 Å². The van der Waals surface area contributed by atoms with Crippen molar-refractivity contribution in [1.82, 2.24) is 9.78 Å². The zero-order valence-electron chi connectivity index (χ0n) is 17.5. The van der Waals surface area contributed by atoms with Crippen molar-refractivity contribution in [1.29, 1.82) is 0 Å². The molecular weight excluding hydrogens is 386 g/mol. The lowest BCUT2D eigenvalue weighted by Gasteiger charge is -2.12. The first-order valence-corrected chi connectivity index (χ1v) is 9.35. The van der Waals surface area contributed by atoms with Crippen LogP contribution in [0.4, 0.5) is 5.69 Å². The predicted octanol–water partition coefficient (Wildman–Crippen LogP) is 3.28. The highest BCUT2D eigenvalue weighted by molar-refractivity contribution is 6.06. The molecule has 1 aromatic heterocycles. The van der Waals surface area contributed by atoms with Crippen LogP contribution < -0.4 is 24.3 Å². The van der Waals surface area contributed by atoms with E-state index in [1.165, 1.54) is 0 Å². The van der Waals surface area contributed by atoms with Crippen molar-refractivity contribution >= 4 is 11.6 Å². The van der Waals surface area contributed by atoms with Gasteiger partial charge in [0, 0.05) is 30.7 Å². The Morgan fingerprint density at radius 3 is 2.33 bits per heavy atom. The number of anilines is 1. The van der Waals surface area contributed by atoms with Crippen molar-refractivity contribution in [3.05, 3.63) is 47.2 Å². The Balaban J connectivity index is 1.71. The molecule has 0 spiro atoms. The van der Waals surface area contributed by atoms with E-state index in [2.05, 4.69) is 10.4 Å². The van der Waals surface area contributed by atoms with Gasteiger partial charge >= 0.3 is 0 Å². The Bertz CT molecular complexity index is 1140. The van der Waals surface area contributed by atoms with Gasteiger partial charge in [0.2, 0.25) is 0 Å². The number of methoxy groups -OCH3 is 4. The van der Waals surface area contributed by atoms with Crippen LogP contribution in [0.5, 0.6) is 23.0 Å². The number of nitrogens with one attached hydrogen (secondary N) is 1. The number of amides is 1. The lowest BCUT2D eigenvalue weighted by atomic mass is 10.1. The first-order chi connectivity index (χ1) is 14.5. The molecule has 0 saturated carbocycles. The summed E-state index contributed by atoms with van der Waals surface area (Å²) in [6.45, 7) is 0. The van der Waals surface area contributed by atoms with E-state index >= 15 is 0 Å². The van der Waals surface area contributed by atoms with E-state index in [0.29, 0.717) is 40.8 Å². The van der Waals surface area contributed by atoms with Crippen LogP contribution in [0.25, 0.3) is 11.3 Å². The minimum Gasteiger partial charge on any atom is -0.497 e. The fourth-order valence-electron chi connectivity index (χ4n) is 3.83. The summed E-state index contributed by atoms with van der Waals surface area (Å²) < 4.78 is 23.2. The van der Waals surface area contributed by atoms with Crippen LogP contribution in [0.3, 0.4) is 0 Å². The maximum Gasteiger partial charge on any atom is 0.276 e. The average Bonchev–Trinajstić information content (AvgIpc) is 3.29. The third kappa shape index (κ3) is 3.10. The SMILES string of the molecule is COc1ccc(OC)c(NC(=O)c2nn(C)c3c2Cc2cc(OC)c(OC)cc2-3)c1. The Morgan fingerprint density at radius 1 is 0.967 bits per heavy atom. The molecule has 0 unspecified atom stereocenters. The van der Waals surface area contributed by atoms with E-state index in [4.69, 9.17) is 18.9 Å². The quantitative estimate of drug-likeness (QED) is 0.526. The maximum atomic E-state index is 13.1. The standard InChI is InChI=1S/C22H23N3O5/c1-25-21-14-11-19(30-5)18(29-4)9-12(14)8-15(21)20(24-25)22(26)23-16-10-13(27-2)6-7-17(16)28-3/h6-7,9-11H,8H2,1-5H3,(H,23,26). The summed E-state index contributed by atoms with van der Waals surface area (Å²) >= 11 is 0. The van der Waals surface area contributed by atoms with E-state index in [-0.39, 0.29) is 5.91 Å². The molecule has 0 aliphatic heterocycles. The Hall–Kier alpha value is -3.68. The summed E-state index contributed by atoms with van der Waals surface area (Å²) in [5.41, 5.74) is 4.68. The first-order valence-electron chi connectivity index (χ1n) is 9.35. The van der Waals surface area contributed by atoms with Gasteiger partial charge in [0.05, 0.1) is 39.8 Å². The molecule has 30 heavy (non-hydrogen) atoms. The monoisotopic (exact) mass is 409 g/mol. The number of fused-ring (bicyclic) bond motifs is 3. The van der Waals surface area contributed by atoms with E-state index in [1.54, 1.807) is 51.3 Å². The van der Waals surface area contributed by atoms with Gasteiger partial charge in [-0.1, -0.05) is 0 Å². The van der Waals surface area contributed by atoms with Gasteiger partial charge in [-0.3, -0.25) is 9.48 Å². The molecule has 1 aliphatic rings. The molecule has 156 valence electrons. The summed E-state index contributed by atoms with van der Waals surface area (Å²) in [5.74, 6) is 2.13. The first kappa shape index (κ1) is 19.6. The number of hydrogen-bond donors (Lipinski definition) is 1. The van der Waals surface area contributed by atoms with E-state index in [0.717, 1.165) is 22.4 Å². The Kier molecular flexibility index (Phi) is 4.99. The van der Waals surface area contributed by atoms with Gasteiger partial charge < -0.3 is 24.3 Å². The molecule has 4 rings (SSSR count). The molecule has 0 bridgehead atoms. The molecule has 2 aromatic carbocycles. The lowest BCUT2D eigenvalue weighted by molar-refractivity contribution is 0.102. The molecule has 8 nitrogen and oxygen atoms in total. The fourth-order valence-corrected chi connectivity index (χ4v) is 3.83. The highest BCUT2D eigenvalue weighted by Crippen LogP contribution is 2.44. The summed E-state index contributed by atoms with van der Waals surface area (Å²) in [7, 11) is 8.15. The van der Waals surface area contributed by atoms with Crippen molar-refractivity contribution in [3.63, 3.8) is 0 Å². The van der Waals surface area contributed by atoms with Gasteiger partial charge in [0.1, 0.15) is 11.5 Å². The Labute approximate surface area is 174 Å². The molecular formula is C22H23N3O5. The number of nitrogens with zero attached hydrogens (tertiary/aromatic N) is 2. The largest absolute Gasteiger partial charge is 0.497 e. The number of aromatic nitrogens is 2. The molecule has 3 aromatic rings. The van der Waals surface area contributed by atoms with Gasteiger partial charge in [0.25, 0.3) is 5.91 Å². The van der Waals surface area contributed by atoms with Gasteiger partial charge in [-0.2, -0.15) is 5.10 Å². The molecule has 1 amide bonds. The molecule has 1 heterocycles. The Morgan fingerprint density at radius 2 is 1.67 bits per heavy atom. The summed E-state index contributed by atoms with van der Waals surface area (Å²) in [5, 5.41) is 7.38. The molecule has 1 aliphatic carbocycles. The molecule has 8 heteroatoms. The zero-order valence-corrected chi connectivity index (χ0v) is 17.5. The topological polar surface area (TPSA) is 83.8 Å². The number of carbonyl (C=O) groups is 1. The fraction of sp³-hybridized carbons (Fsp3) is 0.273. The van der Waals surface area contributed by atoms with Crippen molar-refractivity contribution in [3.8, 4) is 34.3 Å². The number of rotatable bonds is 6. The van der Waals surface area contributed by atoms with Gasteiger partial charge in [-0.15, -0.1) is 0 Å². The molecule has 0 radical (unpaired) electrons. The van der Waals surface area contributed by atoms with Gasteiger partial charge in [-0.05, 0) is 29.8 Å². The zero-order chi connectivity index (χ0) is 21.4. The normalized spacial score (nSPS) is 11.5. The summed E-state index contributed by atoms with van der Waals surface area (Å²) in [6.07, 6.45) is 0.580. The molecule has 1 N–H and O–H groups in total. The van der Waals surface area contributed by atoms with Crippen LogP contribution >= 0.6 is 0 Å². The highest BCUT2D eigenvalue weighted by Gasteiger charge is 2.31. The summed E-state index contributed by atoms with van der Waals surface area (Å²) in [6, 6.07) is 9.09. The van der Waals surface area contributed by atoms with Crippen molar-refractivity contribution in [2.24, 2.45) is 7.05 Å². The number of aryl methyl sites for hydroxylation is 1. The average molecular weight is 409 g/mol. The van der Waals surface area contributed by atoms with Crippen LogP contribution in [0.15, 0.2) is 30.3 Å². The van der Waals surface area contributed by atoms with E-state index in [1.807, 2.05) is 19.2 Å². The minimum absolute atomic E-state index is 0.315. The second-order valence-electron chi connectivity index (χ2n) is 6.86. The second kappa shape index (κ2) is 7.62. The number of ether oxygens (including phenoxy) is 4. The van der Waals surface area contributed by atoms with Gasteiger partial charge in [-0.25, -0.2) is 0 Å². The summed E-state index contributed by atoms with van der Waals surface area (Å²) in [4.78, 5) is 13.1. The highest BCUT2D eigenvalue weighted by atomic mass is 16.5. The van der Waals surface area contributed by atoms with Crippen LogP contribution in [0, 0.1) is 0 Å². The lowest BCUT2D eigenvalue weighted by Crippen LogP contribution is -2.15. The smallest absolute Gasteiger partial charge is 0.276 e. The van der Waals surface area contributed by atoms with Crippen LogP contribution in [-0.2, 0) is 13.5 Å². The van der Waals surface area contributed by atoms with Crippen LogP contribution in [-0.4, -0.2) is 44.1 Å². The number of carbonyl (C=O) groups excluding carboxylic acids is 1. The van der Waals surface area contributed by atoms with Crippen molar-refractivity contribution < 1.29 is 23.7 Å². The van der Waals surface area contributed by atoms with Crippen molar-refractivity contribution in [2.75, 3.05) is 33.8 Å². The minimum atomic E-state index is -0.315. The van der Waals surface area contributed by atoms with Gasteiger partial charge in [0.15, 0.2) is 17.2 Å². The second-order valence-corrected chi connectivity index (χ2v) is 6.86. The maximum absolute atomic E-state index is 13.1. The van der Waals surface area contributed by atoms with E-state index < -0.39 is 0 Å². The predicted molar refractivity (Wildman–Crippen MR) is 112 cm³/mol. The molecule has 0 saturated heterocycles. The molecule has 0 fully saturated rings. The van der Waals surface area contributed by atoms with Crippen LogP contribution in [0.2, 0.25) is 0 Å². The number of hydrogen-bond acceptors (Lipinski definition) is 6. The third-order valence-electron chi connectivity index (χ3n) is 5.25. The van der Waals surface area contributed by atoms with Crippen LogP contribution in [0.1, 0.15) is 21.6 Å².